The van der Waals surface area contributed by atoms with Crippen LogP contribution in [0.15, 0.2) is 28.7 Å². The molecule has 4 nitrogen and oxygen atoms in total. The van der Waals surface area contributed by atoms with E-state index in [2.05, 4.69) is 15.9 Å². The van der Waals surface area contributed by atoms with Gasteiger partial charge in [-0.25, -0.2) is 8.42 Å². The number of rotatable bonds is 4. The Balaban J connectivity index is 2.48. The number of piperidine rings is 1. The van der Waals surface area contributed by atoms with E-state index in [-0.39, 0.29) is 18.7 Å². The number of aliphatic hydroxyl groups is 1. The highest BCUT2D eigenvalue weighted by Gasteiger charge is 2.44. The Kier molecular flexibility index (Phi) is 5.93. The molecule has 0 radical (unpaired) electrons. The van der Waals surface area contributed by atoms with E-state index in [1.807, 2.05) is 24.3 Å². The Morgan fingerprint density at radius 3 is 2.35 bits per heavy atom. The minimum absolute atomic E-state index is 0.00782. The minimum Gasteiger partial charge on any atom is -0.396 e. The molecule has 1 aliphatic heterocycles. The van der Waals surface area contributed by atoms with Crippen molar-refractivity contribution in [2.24, 2.45) is 0 Å². The second kappa shape index (κ2) is 7.21. The molecule has 23 heavy (non-hydrogen) atoms. The summed E-state index contributed by atoms with van der Waals surface area (Å²) in [6.45, 7) is 5.23. The Hall–Kier alpha value is -0.430. The summed E-state index contributed by atoms with van der Waals surface area (Å²) in [5.74, 6) is 0. The van der Waals surface area contributed by atoms with Crippen LogP contribution >= 0.6 is 15.9 Å². The van der Waals surface area contributed by atoms with Gasteiger partial charge >= 0.3 is 0 Å². The number of hydrogen-bond acceptors (Lipinski definition) is 3. The van der Waals surface area contributed by atoms with E-state index in [1.165, 1.54) is 0 Å². The summed E-state index contributed by atoms with van der Waals surface area (Å²) in [5, 5.41) is 9.37. The van der Waals surface area contributed by atoms with E-state index in [0.717, 1.165) is 29.3 Å². The topological polar surface area (TPSA) is 57.6 Å². The molecule has 0 unspecified atom stereocenters. The van der Waals surface area contributed by atoms with Crippen molar-refractivity contribution in [1.29, 1.82) is 0 Å². The first kappa shape index (κ1) is 18.9. The fraction of sp³-hybridized carbons (Fsp3) is 0.647. The number of hydrogen-bond donors (Lipinski definition) is 1. The lowest BCUT2D eigenvalue weighted by molar-refractivity contribution is 0.144. The van der Waals surface area contributed by atoms with Gasteiger partial charge in [-0.2, -0.15) is 4.31 Å². The lowest BCUT2D eigenvalue weighted by Gasteiger charge is -2.44. The predicted octanol–water partition coefficient (Wildman–Crippen LogP) is 3.86. The van der Waals surface area contributed by atoms with Crippen molar-refractivity contribution in [3.05, 3.63) is 34.3 Å². The summed E-state index contributed by atoms with van der Waals surface area (Å²) in [4.78, 5) is 0. The van der Waals surface area contributed by atoms with Crippen molar-refractivity contribution >= 4 is 26.0 Å². The lowest BCUT2D eigenvalue weighted by Crippen LogP contribution is -2.51. The van der Waals surface area contributed by atoms with E-state index in [4.69, 9.17) is 0 Å². The van der Waals surface area contributed by atoms with E-state index in [1.54, 1.807) is 25.1 Å². The summed E-state index contributed by atoms with van der Waals surface area (Å²) in [5.41, 5.74) is 1.02. The normalized spacial score (nSPS) is 23.9. The van der Waals surface area contributed by atoms with Crippen LogP contribution < -0.4 is 0 Å². The molecule has 0 aliphatic carbocycles. The van der Waals surface area contributed by atoms with Gasteiger partial charge in [0.2, 0.25) is 10.0 Å². The molecule has 1 aliphatic rings. The van der Waals surface area contributed by atoms with E-state index in [9.17, 15) is 13.5 Å². The summed E-state index contributed by atoms with van der Waals surface area (Å²) in [6, 6.07) is 7.59. The first-order valence-electron chi connectivity index (χ1n) is 8.08. The SMILES string of the molecule is CC(C)(C)S(=O)(=O)N1[C@H](CCO)CCC[C@H]1c1ccc(Br)cc1. The third-order valence-corrected chi connectivity index (χ3v) is 7.63. The van der Waals surface area contributed by atoms with E-state index >= 15 is 0 Å². The van der Waals surface area contributed by atoms with Gasteiger partial charge in [-0.1, -0.05) is 28.1 Å². The zero-order valence-corrected chi connectivity index (χ0v) is 16.4. The minimum atomic E-state index is -3.47. The Morgan fingerprint density at radius 1 is 1.22 bits per heavy atom. The molecule has 0 aromatic heterocycles. The summed E-state index contributed by atoms with van der Waals surface area (Å²) < 4.78 is 28.2. The molecule has 0 saturated carbocycles. The molecule has 2 rings (SSSR count). The molecule has 2 atom stereocenters. The quantitative estimate of drug-likeness (QED) is 0.829. The van der Waals surface area contributed by atoms with E-state index < -0.39 is 14.8 Å². The van der Waals surface area contributed by atoms with Crippen molar-refractivity contribution in [2.45, 2.75) is 63.3 Å². The maximum Gasteiger partial charge on any atom is 0.219 e. The first-order valence-corrected chi connectivity index (χ1v) is 10.3. The van der Waals surface area contributed by atoms with Crippen molar-refractivity contribution in [3.63, 3.8) is 0 Å². The average molecular weight is 404 g/mol. The van der Waals surface area contributed by atoms with Crippen LogP contribution in [-0.2, 0) is 10.0 Å². The molecule has 0 bridgehead atoms. The Bertz CT molecular complexity index is 620. The van der Waals surface area contributed by atoms with Crippen molar-refractivity contribution in [3.8, 4) is 0 Å². The van der Waals surface area contributed by atoms with Gasteiger partial charge in [0.1, 0.15) is 0 Å². The third kappa shape index (κ3) is 3.98. The van der Waals surface area contributed by atoms with Crippen LogP contribution in [0.4, 0.5) is 0 Å². The van der Waals surface area contributed by atoms with Crippen molar-refractivity contribution < 1.29 is 13.5 Å². The van der Waals surface area contributed by atoms with E-state index in [0.29, 0.717) is 6.42 Å². The number of halogens is 1. The molecule has 1 aromatic carbocycles. The van der Waals surface area contributed by atoms with Crippen LogP contribution in [0.5, 0.6) is 0 Å². The third-order valence-electron chi connectivity index (χ3n) is 4.45. The number of nitrogens with zero attached hydrogens (tertiary/aromatic N) is 1. The van der Waals surface area contributed by atoms with Gasteiger partial charge in [0.15, 0.2) is 0 Å². The molecule has 6 heteroatoms. The number of aliphatic hydroxyl groups excluding tert-OH is 1. The molecule has 1 heterocycles. The zero-order valence-electron chi connectivity index (χ0n) is 14.0. The standard InChI is InChI=1S/C17H26BrNO3S/c1-17(2,3)23(21,22)19-15(11-12-20)5-4-6-16(19)13-7-9-14(18)10-8-13/h7-10,15-16,20H,4-6,11-12H2,1-3H3/t15-,16-/m0/s1. The predicted molar refractivity (Wildman–Crippen MR) is 96.7 cm³/mol. The van der Waals surface area contributed by atoms with Crippen molar-refractivity contribution in [1.82, 2.24) is 4.31 Å². The fourth-order valence-electron chi connectivity index (χ4n) is 3.15. The Labute approximate surface area is 148 Å². The molecular formula is C17H26BrNO3S. The summed E-state index contributed by atoms with van der Waals surface area (Å²) in [7, 11) is -3.47. The molecule has 1 fully saturated rings. The highest BCUT2D eigenvalue weighted by Crippen LogP contribution is 2.41. The monoisotopic (exact) mass is 403 g/mol. The van der Waals surface area contributed by atoms with Gasteiger partial charge in [0, 0.05) is 17.1 Å². The smallest absolute Gasteiger partial charge is 0.219 e. The Morgan fingerprint density at radius 2 is 1.83 bits per heavy atom. The number of benzene rings is 1. The highest BCUT2D eigenvalue weighted by molar-refractivity contribution is 9.10. The maximum absolute atomic E-state index is 13.2. The average Bonchev–Trinajstić information content (AvgIpc) is 2.47. The van der Waals surface area contributed by atoms with Crippen LogP contribution in [0.3, 0.4) is 0 Å². The largest absolute Gasteiger partial charge is 0.396 e. The summed E-state index contributed by atoms with van der Waals surface area (Å²) >= 11 is 3.43. The zero-order chi connectivity index (χ0) is 17.3. The fourth-order valence-corrected chi connectivity index (χ4v) is 5.22. The number of sulfonamides is 1. The van der Waals surface area contributed by atoms with Gasteiger partial charge in [-0.3, -0.25) is 0 Å². The van der Waals surface area contributed by atoms with Gasteiger partial charge in [-0.05, 0) is 64.2 Å². The second-order valence-electron chi connectivity index (χ2n) is 7.11. The van der Waals surface area contributed by atoms with Crippen LogP contribution in [0.25, 0.3) is 0 Å². The summed E-state index contributed by atoms with van der Waals surface area (Å²) in [6.07, 6.45) is 3.09. The lowest BCUT2D eigenvalue weighted by atomic mass is 9.92. The van der Waals surface area contributed by atoms with Crippen LogP contribution in [0.2, 0.25) is 0 Å². The van der Waals surface area contributed by atoms with Gasteiger partial charge in [0.25, 0.3) is 0 Å². The highest BCUT2D eigenvalue weighted by atomic mass is 79.9. The first-order chi connectivity index (χ1) is 10.7. The molecule has 0 amide bonds. The molecule has 130 valence electrons. The molecule has 1 aromatic rings. The van der Waals surface area contributed by atoms with Crippen LogP contribution in [0.1, 0.15) is 58.1 Å². The second-order valence-corrected chi connectivity index (χ2v) is 10.6. The maximum atomic E-state index is 13.2. The van der Waals surface area contributed by atoms with Crippen molar-refractivity contribution in [2.75, 3.05) is 6.61 Å². The van der Waals surface area contributed by atoms with Crippen LogP contribution in [-0.4, -0.2) is 35.2 Å². The van der Waals surface area contributed by atoms with Gasteiger partial charge in [0.05, 0.1) is 10.8 Å². The van der Waals surface area contributed by atoms with Gasteiger partial charge in [-0.15, -0.1) is 0 Å². The molecule has 1 saturated heterocycles. The molecular weight excluding hydrogens is 378 g/mol. The van der Waals surface area contributed by atoms with Crippen LogP contribution in [0, 0.1) is 0 Å². The molecule has 0 spiro atoms. The van der Waals surface area contributed by atoms with Gasteiger partial charge < -0.3 is 5.11 Å². The molecule has 1 N–H and O–H groups in total.